The van der Waals surface area contributed by atoms with Crippen LogP contribution in [-0.2, 0) is 26.0 Å². The Bertz CT molecular complexity index is 1280. The molecule has 0 aliphatic carbocycles. The third kappa shape index (κ3) is 5.01. The fourth-order valence-electron chi connectivity index (χ4n) is 4.96. The van der Waals surface area contributed by atoms with Crippen molar-refractivity contribution in [3.05, 3.63) is 89.1 Å². The second-order valence-electron chi connectivity index (χ2n) is 8.76. The van der Waals surface area contributed by atoms with Crippen LogP contribution in [0.2, 0.25) is 0 Å². The molecule has 184 valence electrons. The van der Waals surface area contributed by atoms with E-state index >= 15 is 0 Å². The van der Waals surface area contributed by atoms with Crippen molar-refractivity contribution in [1.29, 1.82) is 0 Å². The smallest absolute Gasteiger partial charge is 0.162 e. The minimum absolute atomic E-state index is 0. The van der Waals surface area contributed by atoms with E-state index in [0.29, 0.717) is 6.61 Å². The number of fused-ring (bicyclic) bond motifs is 2. The van der Waals surface area contributed by atoms with Crippen molar-refractivity contribution in [2.75, 3.05) is 20.8 Å². The summed E-state index contributed by atoms with van der Waals surface area (Å²) in [5.41, 5.74) is 6.32. The normalized spacial score (nSPS) is 14.8. The maximum atomic E-state index is 6.23. The van der Waals surface area contributed by atoms with E-state index in [-0.39, 0.29) is 13.5 Å². The van der Waals surface area contributed by atoms with Gasteiger partial charge in [0.25, 0.3) is 0 Å². The topological polar surface area (TPSA) is 44.7 Å². The lowest BCUT2D eigenvalue weighted by Crippen LogP contribution is -2.31. The van der Waals surface area contributed by atoms with Crippen molar-refractivity contribution in [2.45, 2.75) is 46.4 Å². The number of methoxy groups -OCH3 is 2. The maximum Gasteiger partial charge on any atom is 0.162 e. The fourth-order valence-corrected chi connectivity index (χ4v) is 4.96. The van der Waals surface area contributed by atoms with E-state index in [1.165, 1.54) is 27.6 Å². The zero-order valence-corrected chi connectivity index (χ0v) is 20.1. The number of hydrogen-bond acceptors (Lipinski definition) is 4. The quantitative estimate of drug-likeness (QED) is 0.326. The Morgan fingerprint density at radius 3 is 2.54 bits per heavy atom. The molecule has 5 nitrogen and oxygen atoms in total. The summed E-state index contributed by atoms with van der Waals surface area (Å²) < 4.78 is 19.8. The van der Waals surface area contributed by atoms with Crippen molar-refractivity contribution in [2.24, 2.45) is 0 Å². The molecular formula is C30H36N2O3. The molecule has 5 rings (SSSR count). The van der Waals surface area contributed by atoms with Crippen LogP contribution in [0.25, 0.3) is 10.9 Å². The zero-order chi connectivity index (χ0) is 23.5. The first-order chi connectivity index (χ1) is 16.7. The summed E-state index contributed by atoms with van der Waals surface area (Å²) in [7, 11) is 3.43. The van der Waals surface area contributed by atoms with Gasteiger partial charge >= 0.3 is 0 Å². The standard InChI is InChI=1S/C29H32N2O3.CH4/c1-4-31-18-22(25-16-23(32-2)10-11-27(25)31)14-26-24-17-29(34-19-20-8-6-5-7-9-20)28(33-3)15-21(24)12-13-30-26;/h5-11,15-18,26,30H,4,12-14,19H2,1-3H3;1H4. The number of ether oxygens (including phenoxy) is 3. The lowest BCUT2D eigenvalue weighted by molar-refractivity contribution is 0.283. The molecule has 0 spiro atoms. The molecule has 0 fully saturated rings. The maximum absolute atomic E-state index is 6.23. The first-order valence-corrected chi connectivity index (χ1v) is 12.0. The Labute approximate surface area is 208 Å². The van der Waals surface area contributed by atoms with E-state index in [0.717, 1.165) is 48.7 Å². The van der Waals surface area contributed by atoms with E-state index in [2.05, 4.69) is 59.4 Å². The number of benzene rings is 3. The highest BCUT2D eigenvalue weighted by atomic mass is 16.5. The average Bonchev–Trinajstić information content (AvgIpc) is 3.24. The van der Waals surface area contributed by atoms with E-state index in [1.54, 1.807) is 14.2 Å². The predicted molar refractivity (Wildman–Crippen MR) is 143 cm³/mol. The van der Waals surface area contributed by atoms with Crippen LogP contribution >= 0.6 is 0 Å². The molecule has 3 aromatic carbocycles. The minimum atomic E-state index is 0. The van der Waals surface area contributed by atoms with Gasteiger partial charge in [-0.15, -0.1) is 0 Å². The predicted octanol–water partition coefficient (Wildman–Crippen LogP) is 6.32. The molecule has 0 radical (unpaired) electrons. The van der Waals surface area contributed by atoms with Crippen molar-refractivity contribution in [3.63, 3.8) is 0 Å². The van der Waals surface area contributed by atoms with Crippen LogP contribution in [0.3, 0.4) is 0 Å². The molecule has 5 heteroatoms. The van der Waals surface area contributed by atoms with Crippen molar-refractivity contribution in [3.8, 4) is 17.2 Å². The fraction of sp³-hybridized carbons (Fsp3) is 0.333. The van der Waals surface area contributed by atoms with Crippen LogP contribution in [0.1, 0.15) is 42.6 Å². The Kier molecular flexibility index (Phi) is 7.67. The number of nitrogens with zero attached hydrogens (tertiary/aromatic N) is 1. The minimum Gasteiger partial charge on any atom is -0.497 e. The number of hydrogen-bond donors (Lipinski definition) is 1. The molecule has 0 saturated heterocycles. The van der Waals surface area contributed by atoms with E-state index < -0.39 is 0 Å². The van der Waals surface area contributed by atoms with Crippen LogP contribution in [0, 0.1) is 0 Å². The molecule has 35 heavy (non-hydrogen) atoms. The van der Waals surface area contributed by atoms with Gasteiger partial charge in [0.1, 0.15) is 12.4 Å². The Hall–Kier alpha value is -3.44. The molecule has 2 heterocycles. The van der Waals surface area contributed by atoms with E-state index in [4.69, 9.17) is 14.2 Å². The van der Waals surface area contributed by atoms with Crippen LogP contribution in [0.5, 0.6) is 17.2 Å². The van der Waals surface area contributed by atoms with Gasteiger partial charge in [-0.25, -0.2) is 0 Å². The number of nitrogens with one attached hydrogen (secondary N) is 1. The van der Waals surface area contributed by atoms with Crippen LogP contribution < -0.4 is 19.5 Å². The first kappa shape index (κ1) is 24.7. The highest BCUT2D eigenvalue weighted by Crippen LogP contribution is 2.38. The van der Waals surface area contributed by atoms with Crippen LogP contribution in [0.15, 0.2) is 66.9 Å². The summed E-state index contributed by atoms with van der Waals surface area (Å²) in [6.07, 6.45) is 4.16. The molecule has 1 unspecified atom stereocenters. The van der Waals surface area contributed by atoms with Gasteiger partial charge in [0.05, 0.1) is 14.2 Å². The molecule has 0 amide bonds. The molecule has 0 saturated carbocycles. The highest BCUT2D eigenvalue weighted by Gasteiger charge is 2.24. The molecule has 1 atom stereocenters. The van der Waals surface area contributed by atoms with Crippen LogP contribution in [-0.4, -0.2) is 25.3 Å². The van der Waals surface area contributed by atoms with Gasteiger partial charge in [-0.2, -0.15) is 0 Å². The van der Waals surface area contributed by atoms with E-state index in [9.17, 15) is 0 Å². The molecule has 4 aromatic rings. The monoisotopic (exact) mass is 472 g/mol. The van der Waals surface area contributed by atoms with Gasteiger partial charge in [0.15, 0.2) is 11.5 Å². The first-order valence-electron chi connectivity index (χ1n) is 12.0. The Morgan fingerprint density at radius 1 is 0.971 bits per heavy atom. The molecule has 0 bridgehead atoms. The van der Waals surface area contributed by atoms with Gasteiger partial charge < -0.3 is 24.1 Å². The Balaban J connectivity index is 0.00000289. The molecule has 1 aromatic heterocycles. The molecule has 1 N–H and O–H groups in total. The van der Waals surface area contributed by atoms with Gasteiger partial charge in [-0.3, -0.25) is 0 Å². The largest absolute Gasteiger partial charge is 0.497 e. The zero-order valence-electron chi connectivity index (χ0n) is 20.1. The lowest BCUT2D eigenvalue weighted by atomic mass is 9.89. The third-order valence-electron chi connectivity index (χ3n) is 6.76. The second kappa shape index (κ2) is 10.9. The summed E-state index contributed by atoms with van der Waals surface area (Å²) in [5.74, 6) is 2.47. The average molecular weight is 473 g/mol. The third-order valence-corrected chi connectivity index (χ3v) is 6.76. The molecular weight excluding hydrogens is 436 g/mol. The van der Waals surface area contributed by atoms with E-state index in [1.807, 2.05) is 24.3 Å². The number of rotatable bonds is 8. The number of aromatic nitrogens is 1. The molecule has 1 aliphatic heterocycles. The lowest BCUT2D eigenvalue weighted by Gasteiger charge is -2.28. The number of aryl methyl sites for hydroxylation is 1. The summed E-state index contributed by atoms with van der Waals surface area (Å²) >= 11 is 0. The van der Waals surface area contributed by atoms with Gasteiger partial charge in [-0.05, 0) is 78.9 Å². The van der Waals surface area contributed by atoms with Gasteiger partial charge in [0.2, 0.25) is 0 Å². The Morgan fingerprint density at radius 2 is 1.80 bits per heavy atom. The SMILES string of the molecule is C.CCn1cc(CC2NCCc3cc(OC)c(OCc4ccccc4)cc32)c2cc(OC)ccc21. The van der Waals surface area contributed by atoms with Crippen molar-refractivity contribution >= 4 is 10.9 Å². The summed E-state index contributed by atoms with van der Waals surface area (Å²) in [6.45, 7) is 4.58. The van der Waals surface area contributed by atoms with Crippen LogP contribution in [0.4, 0.5) is 0 Å². The summed E-state index contributed by atoms with van der Waals surface area (Å²) in [4.78, 5) is 0. The van der Waals surface area contributed by atoms with Gasteiger partial charge in [0, 0.05) is 29.7 Å². The summed E-state index contributed by atoms with van der Waals surface area (Å²) in [6, 6.07) is 21.1. The summed E-state index contributed by atoms with van der Waals surface area (Å²) in [5, 5.41) is 5.00. The second-order valence-corrected chi connectivity index (χ2v) is 8.76. The van der Waals surface area contributed by atoms with Gasteiger partial charge in [-0.1, -0.05) is 37.8 Å². The molecule has 1 aliphatic rings. The van der Waals surface area contributed by atoms with Crippen molar-refractivity contribution in [1.82, 2.24) is 9.88 Å². The van der Waals surface area contributed by atoms with Crippen molar-refractivity contribution < 1.29 is 14.2 Å². The highest BCUT2D eigenvalue weighted by molar-refractivity contribution is 5.85.